The lowest BCUT2D eigenvalue weighted by atomic mass is 9.82. The minimum Gasteiger partial charge on any atom is -0.474 e. The normalized spacial score (nSPS) is 23.4. The Balaban J connectivity index is 1.81. The van der Waals surface area contributed by atoms with E-state index in [1.54, 1.807) is 6.20 Å². The first-order chi connectivity index (χ1) is 7.69. The van der Waals surface area contributed by atoms with E-state index < -0.39 is 0 Å². The summed E-state index contributed by atoms with van der Waals surface area (Å²) in [4.78, 5) is 15.3. The van der Waals surface area contributed by atoms with Crippen LogP contribution in [0.5, 0.6) is 5.88 Å². The Morgan fingerprint density at radius 2 is 2.25 bits per heavy atom. The van der Waals surface area contributed by atoms with Gasteiger partial charge in [0.15, 0.2) is 0 Å². The number of carbonyl (C=O) groups excluding carboxylic acids is 1. The zero-order valence-electron chi connectivity index (χ0n) is 8.85. The first-order valence-electron chi connectivity index (χ1n) is 5.05. The first-order valence-corrected chi connectivity index (χ1v) is 6.13. The molecule has 1 aromatic rings. The van der Waals surface area contributed by atoms with Crippen molar-refractivity contribution in [2.45, 2.75) is 18.9 Å². The van der Waals surface area contributed by atoms with E-state index in [4.69, 9.17) is 4.74 Å². The average molecular weight is 333 g/mol. The van der Waals surface area contributed by atoms with Crippen LogP contribution < -0.4 is 4.74 Å². The van der Waals surface area contributed by atoms with Crippen LogP contribution in [-0.2, 0) is 9.53 Å². The molecule has 0 amide bonds. The third-order valence-electron chi connectivity index (χ3n) is 2.62. The van der Waals surface area contributed by atoms with Gasteiger partial charge < -0.3 is 9.47 Å². The molecule has 0 radical (unpaired) electrons. The number of ether oxygens (including phenoxy) is 2. The smallest absolute Gasteiger partial charge is 0.308 e. The predicted molar refractivity (Wildman–Crippen MR) is 66.1 cm³/mol. The van der Waals surface area contributed by atoms with Crippen LogP contribution >= 0.6 is 22.6 Å². The zero-order valence-corrected chi connectivity index (χ0v) is 11.0. The highest BCUT2D eigenvalue weighted by Crippen LogP contribution is 2.31. The molecule has 0 bridgehead atoms. The molecule has 0 spiro atoms. The van der Waals surface area contributed by atoms with E-state index in [-0.39, 0.29) is 18.0 Å². The monoisotopic (exact) mass is 333 g/mol. The van der Waals surface area contributed by atoms with Crippen LogP contribution in [-0.4, -0.2) is 24.2 Å². The quantitative estimate of drug-likeness (QED) is 0.627. The van der Waals surface area contributed by atoms with Crippen molar-refractivity contribution in [3.63, 3.8) is 0 Å². The summed E-state index contributed by atoms with van der Waals surface area (Å²) < 4.78 is 11.3. The van der Waals surface area contributed by atoms with Gasteiger partial charge in [0, 0.05) is 15.8 Å². The minimum atomic E-state index is -0.143. The first kappa shape index (κ1) is 11.6. The van der Waals surface area contributed by atoms with Gasteiger partial charge in [-0.2, -0.15) is 0 Å². The summed E-state index contributed by atoms with van der Waals surface area (Å²) in [6.07, 6.45) is 3.30. The third-order valence-corrected chi connectivity index (χ3v) is 3.26. The third kappa shape index (κ3) is 2.63. The molecule has 1 aromatic heterocycles. The summed E-state index contributed by atoms with van der Waals surface area (Å²) in [6.45, 7) is 0. The number of nitrogens with zero attached hydrogens (tertiary/aromatic N) is 1. The number of carbonyl (C=O) groups is 1. The van der Waals surface area contributed by atoms with E-state index in [9.17, 15) is 4.79 Å². The molecule has 2 rings (SSSR count). The Hall–Kier alpha value is -0.850. The highest BCUT2D eigenvalue weighted by molar-refractivity contribution is 14.1. The Kier molecular flexibility index (Phi) is 3.63. The zero-order chi connectivity index (χ0) is 11.5. The van der Waals surface area contributed by atoms with Crippen LogP contribution in [0.25, 0.3) is 0 Å². The molecule has 0 unspecified atom stereocenters. The number of hydrogen-bond donors (Lipinski definition) is 0. The molecule has 0 atom stereocenters. The fourth-order valence-corrected chi connectivity index (χ4v) is 1.94. The average Bonchev–Trinajstić information content (AvgIpc) is 2.24. The lowest BCUT2D eigenvalue weighted by Gasteiger charge is -2.32. The Labute approximate surface area is 107 Å². The molecular formula is C11H12INO3. The van der Waals surface area contributed by atoms with Crippen molar-refractivity contribution in [2.24, 2.45) is 5.92 Å². The molecule has 1 fully saturated rings. The van der Waals surface area contributed by atoms with Gasteiger partial charge in [0.1, 0.15) is 6.10 Å². The number of esters is 1. The number of hydrogen-bond acceptors (Lipinski definition) is 4. The van der Waals surface area contributed by atoms with Crippen LogP contribution in [0, 0.1) is 9.49 Å². The second kappa shape index (κ2) is 4.99. The molecule has 1 saturated carbocycles. The van der Waals surface area contributed by atoms with Crippen LogP contribution in [0.15, 0.2) is 18.3 Å². The van der Waals surface area contributed by atoms with Crippen molar-refractivity contribution in [2.75, 3.05) is 7.11 Å². The van der Waals surface area contributed by atoms with Gasteiger partial charge in [0.2, 0.25) is 5.88 Å². The van der Waals surface area contributed by atoms with Gasteiger partial charge in [-0.15, -0.1) is 0 Å². The molecule has 1 aliphatic rings. The Morgan fingerprint density at radius 3 is 2.81 bits per heavy atom. The van der Waals surface area contributed by atoms with E-state index >= 15 is 0 Å². The highest BCUT2D eigenvalue weighted by Gasteiger charge is 2.37. The van der Waals surface area contributed by atoms with Gasteiger partial charge in [0.25, 0.3) is 0 Å². The Bertz CT molecular complexity index is 373. The molecule has 1 heterocycles. The van der Waals surface area contributed by atoms with Gasteiger partial charge in [-0.25, -0.2) is 4.98 Å². The van der Waals surface area contributed by atoms with Crippen LogP contribution in [0.1, 0.15) is 12.8 Å². The van der Waals surface area contributed by atoms with Crippen molar-refractivity contribution in [1.29, 1.82) is 0 Å². The fourth-order valence-electron chi connectivity index (χ4n) is 1.62. The molecule has 0 saturated heterocycles. The predicted octanol–water partition coefficient (Wildman–Crippen LogP) is 2.02. The van der Waals surface area contributed by atoms with Gasteiger partial charge in [0.05, 0.1) is 13.0 Å². The summed E-state index contributed by atoms with van der Waals surface area (Å²) in [5.74, 6) is 0.475. The number of rotatable bonds is 3. The maximum absolute atomic E-state index is 11.1. The van der Waals surface area contributed by atoms with Gasteiger partial charge >= 0.3 is 5.97 Å². The molecule has 4 nitrogen and oxygen atoms in total. The molecule has 0 N–H and O–H groups in total. The van der Waals surface area contributed by atoms with Gasteiger partial charge in [-0.1, -0.05) is 0 Å². The van der Waals surface area contributed by atoms with Crippen molar-refractivity contribution in [3.8, 4) is 5.88 Å². The van der Waals surface area contributed by atoms with E-state index in [0.29, 0.717) is 5.88 Å². The van der Waals surface area contributed by atoms with Gasteiger partial charge in [-0.05, 0) is 41.5 Å². The molecule has 16 heavy (non-hydrogen) atoms. The standard InChI is InChI=1S/C11H12INO3/c1-15-11(14)7-4-9(5-7)16-10-3-2-8(12)6-13-10/h2-3,6-7,9H,4-5H2,1H3/t7-,9-. The highest BCUT2D eigenvalue weighted by atomic mass is 127. The molecule has 0 aliphatic heterocycles. The second-order valence-electron chi connectivity index (χ2n) is 3.75. The summed E-state index contributed by atoms with van der Waals surface area (Å²) in [7, 11) is 1.41. The fraction of sp³-hybridized carbons (Fsp3) is 0.455. The SMILES string of the molecule is COC(=O)[C@H]1C[C@H](Oc2ccc(I)cn2)C1. The van der Waals surface area contributed by atoms with Crippen LogP contribution in [0.2, 0.25) is 0 Å². The van der Waals surface area contributed by atoms with Crippen molar-refractivity contribution in [3.05, 3.63) is 21.9 Å². The van der Waals surface area contributed by atoms with Crippen molar-refractivity contribution < 1.29 is 14.3 Å². The van der Waals surface area contributed by atoms with Gasteiger partial charge in [-0.3, -0.25) is 4.79 Å². The van der Waals surface area contributed by atoms with Crippen molar-refractivity contribution in [1.82, 2.24) is 4.98 Å². The number of pyridine rings is 1. The van der Waals surface area contributed by atoms with E-state index in [1.807, 2.05) is 12.1 Å². The molecule has 5 heteroatoms. The number of halogens is 1. The van der Waals surface area contributed by atoms with E-state index in [2.05, 4.69) is 32.3 Å². The lowest BCUT2D eigenvalue weighted by Crippen LogP contribution is -2.38. The van der Waals surface area contributed by atoms with Crippen molar-refractivity contribution >= 4 is 28.6 Å². The Morgan fingerprint density at radius 1 is 1.50 bits per heavy atom. The number of aromatic nitrogens is 1. The number of methoxy groups -OCH3 is 1. The van der Waals surface area contributed by atoms with Crippen LogP contribution in [0.3, 0.4) is 0 Å². The summed E-state index contributed by atoms with van der Waals surface area (Å²) in [6, 6.07) is 3.78. The molecular weight excluding hydrogens is 321 g/mol. The maximum atomic E-state index is 11.1. The molecule has 1 aliphatic carbocycles. The molecule has 86 valence electrons. The summed E-state index contributed by atoms with van der Waals surface area (Å²) in [5, 5.41) is 0. The summed E-state index contributed by atoms with van der Waals surface area (Å²) >= 11 is 2.19. The minimum absolute atomic E-state index is 0.00107. The molecule has 0 aromatic carbocycles. The maximum Gasteiger partial charge on any atom is 0.308 e. The largest absolute Gasteiger partial charge is 0.474 e. The van der Waals surface area contributed by atoms with Crippen LogP contribution in [0.4, 0.5) is 0 Å². The summed E-state index contributed by atoms with van der Waals surface area (Å²) in [5.41, 5.74) is 0. The topological polar surface area (TPSA) is 48.4 Å². The lowest BCUT2D eigenvalue weighted by molar-refractivity contribution is -0.151. The van der Waals surface area contributed by atoms with E-state index in [0.717, 1.165) is 16.4 Å². The second-order valence-corrected chi connectivity index (χ2v) is 4.99. The van der Waals surface area contributed by atoms with E-state index in [1.165, 1.54) is 7.11 Å².